The van der Waals surface area contributed by atoms with Crippen LogP contribution in [-0.2, 0) is 5.60 Å². The second kappa shape index (κ2) is 4.49. The van der Waals surface area contributed by atoms with E-state index in [1.807, 2.05) is 31.2 Å². The lowest BCUT2D eigenvalue weighted by atomic mass is 9.92. The van der Waals surface area contributed by atoms with Crippen molar-refractivity contribution < 1.29 is 9.84 Å². The molecule has 1 aliphatic rings. The first-order chi connectivity index (χ1) is 7.74. The van der Waals surface area contributed by atoms with Crippen LogP contribution in [0.3, 0.4) is 0 Å². The molecule has 1 aliphatic heterocycles. The van der Waals surface area contributed by atoms with Crippen LogP contribution < -0.4 is 4.74 Å². The summed E-state index contributed by atoms with van der Waals surface area (Å²) in [7, 11) is 0. The summed E-state index contributed by atoms with van der Waals surface area (Å²) in [6.45, 7) is 2.96. The van der Waals surface area contributed by atoms with Crippen LogP contribution in [0.2, 0.25) is 0 Å². The second-order valence-corrected chi connectivity index (χ2v) is 3.73. The number of aliphatic hydroxyl groups is 1. The van der Waals surface area contributed by atoms with Gasteiger partial charge in [0.25, 0.3) is 0 Å². The highest BCUT2D eigenvalue weighted by Gasteiger charge is 2.26. The lowest BCUT2D eigenvalue weighted by molar-refractivity contribution is 0.0986. The molecular formula is C13H15NO2. The first kappa shape index (κ1) is 10.9. The number of hydrogen-bond acceptors (Lipinski definition) is 3. The summed E-state index contributed by atoms with van der Waals surface area (Å²) in [5.41, 5.74) is -0.136. The van der Waals surface area contributed by atoms with Gasteiger partial charge in [0.2, 0.25) is 0 Å². The molecule has 1 aromatic rings. The number of nitrogens with zero attached hydrogens (tertiary/aromatic N) is 1. The summed E-state index contributed by atoms with van der Waals surface area (Å²) in [6, 6.07) is 7.47. The summed E-state index contributed by atoms with van der Waals surface area (Å²) in [6.07, 6.45) is 5.22. The monoisotopic (exact) mass is 217 g/mol. The predicted molar refractivity (Wildman–Crippen MR) is 64.0 cm³/mol. The Hall–Kier alpha value is -1.61. The fourth-order valence-corrected chi connectivity index (χ4v) is 1.70. The van der Waals surface area contributed by atoms with Gasteiger partial charge in [-0.2, -0.15) is 0 Å². The van der Waals surface area contributed by atoms with Gasteiger partial charge in [0.15, 0.2) is 0 Å². The lowest BCUT2D eigenvalue weighted by Gasteiger charge is -2.24. The molecule has 1 unspecified atom stereocenters. The van der Waals surface area contributed by atoms with Crippen molar-refractivity contribution in [3.63, 3.8) is 0 Å². The van der Waals surface area contributed by atoms with Gasteiger partial charge in [-0.1, -0.05) is 12.1 Å². The summed E-state index contributed by atoms with van der Waals surface area (Å²) in [5.74, 6) is 0.818. The fraction of sp³-hybridized carbons (Fsp3) is 0.308. The average Bonchev–Trinajstić information content (AvgIpc) is 2.31. The SMILES string of the molecule is CCOc1ccc(C2(O)C=CC=NC2)cc1. The smallest absolute Gasteiger partial charge is 0.127 e. The molecule has 3 heteroatoms. The van der Waals surface area contributed by atoms with Crippen molar-refractivity contribution in [2.24, 2.45) is 4.99 Å². The Morgan fingerprint density at radius 1 is 1.38 bits per heavy atom. The molecule has 84 valence electrons. The van der Waals surface area contributed by atoms with Gasteiger partial charge in [-0.15, -0.1) is 0 Å². The summed E-state index contributed by atoms with van der Waals surface area (Å²) in [4.78, 5) is 4.07. The number of ether oxygens (including phenoxy) is 1. The number of dihydropyridines is 1. The van der Waals surface area contributed by atoms with Crippen molar-refractivity contribution in [1.82, 2.24) is 0 Å². The van der Waals surface area contributed by atoms with Gasteiger partial charge in [0.1, 0.15) is 11.4 Å². The summed E-state index contributed by atoms with van der Waals surface area (Å²) >= 11 is 0. The molecule has 0 aliphatic carbocycles. The van der Waals surface area contributed by atoms with Crippen molar-refractivity contribution in [2.45, 2.75) is 12.5 Å². The van der Waals surface area contributed by atoms with Crippen LogP contribution in [0.25, 0.3) is 0 Å². The molecule has 1 atom stereocenters. The average molecular weight is 217 g/mol. The van der Waals surface area contributed by atoms with E-state index in [-0.39, 0.29) is 0 Å². The second-order valence-electron chi connectivity index (χ2n) is 3.73. The van der Waals surface area contributed by atoms with E-state index in [4.69, 9.17) is 4.74 Å². The minimum Gasteiger partial charge on any atom is -0.494 e. The van der Waals surface area contributed by atoms with Crippen molar-refractivity contribution >= 4 is 6.21 Å². The minimum absolute atomic E-state index is 0.373. The molecule has 0 saturated heterocycles. The molecule has 16 heavy (non-hydrogen) atoms. The zero-order chi connectivity index (χ0) is 11.4. The van der Waals surface area contributed by atoms with E-state index in [2.05, 4.69) is 4.99 Å². The number of allylic oxidation sites excluding steroid dienone is 1. The Balaban J connectivity index is 2.21. The molecule has 0 bridgehead atoms. The molecule has 0 radical (unpaired) electrons. The molecular weight excluding hydrogens is 202 g/mol. The fourth-order valence-electron chi connectivity index (χ4n) is 1.70. The molecule has 3 nitrogen and oxygen atoms in total. The summed E-state index contributed by atoms with van der Waals surface area (Å²) in [5, 5.41) is 10.3. The molecule has 0 amide bonds. The van der Waals surface area contributed by atoms with E-state index in [1.165, 1.54) is 0 Å². The highest BCUT2D eigenvalue weighted by atomic mass is 16.5. The van der Waals surface area contributed by atoms with Crippen LogP contribution in [0, 0.1) is 0 Å². The highest BCUT2D eigenvalue weighted by Crippen LogP contribution is 2.26. The molecule has 1 heterocycles. The third-order valence-electron chi connectivity index (χ3n) is 2.56. The molecule has 2 rings (SSSR count). The maximum atomic E-state index is 10.3. The van der Waals surface area contributed by atoms with Gasteiger partial charge in [0.05, 0.1) is 13.2 Å². The Bertz CT molecular complexity index is 408. The van der Waals surface area contributed by atoms with Crippen LogP contribution in [0.1, 0.15) is 12.5 Å². The number of aliphatic imine (C=N–C) groups is 1. The van der Waals surface area contributed by atoms with Gasteiger partial charge in [-0.25, -0.2) is 0 Å². The quantitative estimate of drug-likeness (QED) is 0.840. The number of benzene rings is 1. The van der Waals surface area contributed by atoms with Gasteiger partial charge in [0, 0.05) is 6.21 Å². The standard InChI is InChI=1S/C13H15NO2/c1-2-16-12-6-4-11(5-7-12)13(15)8-3-9-14-10-13/h3-9,15H,2,10H2,1H3. The Morgan fingerprint density at radius 3 is 2.69 bits per heavy atom. The van der Waals surface area contributed by atoms with Gasteiger partial charge >= 0.3 is 0 Å². The van der Waals surface area contributed by atoms with E-state index >= 15 is 0 Å². The Labute approximate surface area is 95.1 Å². The van der Waals surface area contributed by atoms with Crippen molar-refractivity contribution in [3.05, 3.63) is 42.0 Å². The Kier molecular flexibility index (Phi) is 3.06. The van der Waals surface area contributed by atoms with Gasteiger partial charge in [-0.3, -0.25) is 4.99 Å². The van der Waals surface area contributed by atoms with E-state index in [1.54, 1.807) is 18.4 Å². The van der Waals surface area contributed by atoms with Crippen molar-refractivity contribution in [1.29, 1.82) is 0 Å². The molecule has 0 spiro atoms. The van der Waals surface area contributed by atoms with Crippen molar-refractivity contribution in [2.75, 3.05) is 13.2 Å². The topological polar surface area (TPSA) is 41.8 Å². The van der Waals surface area contributed by atoms with Crippen molar-refractivity contribution in [3.8, 4) is 5.75 Å². The minimum atomic E-state index is -0.973. The number of hydrogen-bond donors (Lipinski definition) is 1. The maximum absolute atomic E-state index is 10.3. The lowest BCUT2D eigenvalue weighted by Crippen LogP contribution is -2.28. The van der Waals surface area contributed by atoms with Crippen LogP contribution in [0.4, 0.5) is 0 Å². The van der Waals surface area contributed by atoms with Crippen LogP contribution >= 0.6 is 0 Å². The molecule has 0 fully saturated rings. The molecule has 0 aromatic heterocycles. The highest BCUT2D eigenvalue weighted by molar-refractivity contribution is 5.72. The van der Waals surface area contributed by atoms with Crippen LogP contribution in [0.5, 0.6) is 5.75 Å². The van der Waals surface area contributed by atoms with Gasteiger partial charge < -0.3 is 9.84 Å². The normalized spacial score (nSPS) is 23.4. The van der Waals surface area contributed by atoms with Gasteiger partial charge in [-0.05, 0) is 36.8 Å². The van der Waals surface area contributed by atoms with Crippen LogP contribution in [-0.4, -0.2) is 24.5 Å². The van der Waals surface area contributed by atoms with Crippen LogP contribution in [0.15, 0.2) is 41.4 Å². The number of rotatable bonds is 3. The van der Waals surface area contributed by atoms with E-state index in [0.29, 0.717) is 13.2 Å². The Morgan fingerprint density at radius 2 is 2.12 bits per heavy atom. The third-order valence-corrected chi connectivity index (χ3v) is 2.56. The molecule has 1 aromatic carbocycles. The van der Waals surface area contributed by atoms with E-state index < -0.39 is 5.60 Å². The predicted octanol–water partition coefficient (Wildman–Crippen LogP) is 1.91. The van der Waals surface area contributed by atoms with E-state index in [9.17, 15) is 5.11 Å². The third kappa shape index (κ3) is 2.14. The largest absolute Gasteiger partial charge is 0.494 e. The molecule has 1 N–H and O–H groups in total. The maximum Gasteiger partial charge on any atom is 0.127 e. The first-order valence-electron chi connectivity index (χ1n) is 5.38. The molecule has 0 saturated carbocycles. The zero-order valence-electron chi connectivity index (χ0n) is 9.26. The zero-order valence-corrected chi connectivity index (χ0v) is 9.26. The summed E-state index contributed by atoms with van der Waals surface area (Å²) < 4.78 is 5.35. The van der Waals surface area contributed by atoms with E-state index in [0.717, 1.165) is 11.3 Å². The first-order valence-corrected chi connectivity index (χ1v) is 5.38.